The summed E-state index contributed by atoms with van der Waals surface area (Å²) in [5.74, 6) is -0.278. The summed E-state index contributed by atoms with van der Waals surface area (Å²) in [6.07, 6.45) is 0. The largest absolute Gasteiger partial charge is 0.497 e. The molecule has 0 saturated heterocycles. The maximum atomic E-state index is 12.0. The molecule has 0 aromatic heterocycles. The second-order valence-corrected chi connectivity index (χ2v) is 6.01. The summed E-state index contributed by atoms with van der Waals surface area (Å²) in [6.45, 7) is -0.599. The number of urea groups is 1. The topological polar surface area (TPSA) is 103 Å². The molecule has 142 valence electrons. The summed E-state index contributed by atoms with van der Waals surface area (Å²) in [4.78, 5) is 35.5. The summed E-state index contributed by atoms with van der Waals surface area (Å²) < 4.78 is 15.5. The van der Waals surface area contributed by atoms with Crippen LogP contribution in [0.4, 0.5) is 10.5 Å². The number of halogens is 1. The van der Waals surface area contributed by atoms with E-state index < -0.39 is 24.5 Å². The van der Waals surface area contributed by atoms with Gasteiger partial charge < -0.3 is 19.5 Å². The molecule has 0 fully saturated rings. The lowest BCUT2D eigenvalue weighted by atomic mass is 10.2. The Balaban J connectivity index is 1.81. The van der Waals surface area contributed by atoms with E-state index in [9.17, 15) is 14.4 Å². The second-order valence-electron chi connectivity index (χ2n) is 5.16. The lowest BCUT2D eigenvalue weighted by Gasteiger charge is -2.09. The highest BCUT2D eigenvalue weighted by atomic mass is 79.9. The minimum Gasteiger partial charge on any atom is -0.497 e. The maximum absolute atomic E-state index is 12.0. The van der Waals surface area contributed by atoms with Gasteiger partial charge >= 0.3 is 12.0 Å². The van der Waals surface area contributed by atoms with Crippen LogP contribution >= 0.6 is 15.9 Å². The molecular weight excluding hydrogens is 420 g/mol. The van der Waals surface area contributed by atoms with E-state index in [4.69, 9.17) is 14.2 Å². The van der Waals surface area contributed by atoms with Gasteiger partial charge in [-0.1, -0.05) is 0 Å². The van der Waals surface area contributed by atoms with Crippen LogP contribution in [-0.2, 0) is 9.53 Å². The fraction of sp³-hybridized carbons (Fsp3) is 0.167. The van der Waals surface area contributed by atoms with Gasteiger partial charge in [0.05, 0.1) is 24.3 Å². The molecule has 0 aliphatic rings. The van der Waals surface area contributed by atoms with E-state index in [2.05, 4.69) is 26.6 Å². The van der Waals surface area contributed by atoms with Crippen molar-refractivity contribution in [3.63, 3.8) is 0 Å². The number of imide groups is 1. The number of esters is 1. The zero-order chi connectivity index (χ0) is 19.8. The van der Waals surface area contributed by atoms with E-state index in [-0.39, 0.29) is 5.56 Å². The van der Waals surface area contributed by atoms with Crippen molar-refractivity contribution in [1.82, 2.24) is 5.32 Å². The molecule has 2 N–H and O–H groups in total. The van der Waals surface area contributed by atoms with E-state index in [0.717, 1.165) is 0 Å². The van der Waals surface area contributed by atoms with Crippen molar-refractivity contribution in [2.45, 2.75) is 0 Å². The minimum absolute atomic E-state index is 0.234. The van der Waals surface area contributed by atoms with Crippen LogP contribution in [0.2, 0.25) is 0 Å². The summed E-state index contributed by atoms with van der Waals surface area (Å²) in [6, 6.07) is 10.4. The first-order valence-corrected chi connectivity index (χ1v) is 8.47. The molecular formula is C18H17BrN2O6. The number of hydrogen-bond acceptors (Lipinski definition) is 6. The smallest absolute Gasteiger partial charge is 0.338 e. The number of benzene rings is 2. The van der Waals surface area contributed by atoms with Crippen LogP contribution in [-0.4, -0.2) is 38.7 Å². The predicted octanol–water partition coefficient (Wildman–Crippen LogP) is 2.97. The third kappa shape index (κ3) is 6.00. The predicted molar refractivity (Wildman–Crippen MR) is 101 cm³/mol. The van der Waals surface area contributed by atoms with Gasteiger partial charge in [-0.05, 0) is 58.4 Å². The van der Waals surface area contributed by atoms with E-state index in [1.54, 1.807) is 30.3 Å². The van der Waals surface area contributed by atoms with Crippen LogP contribution in [0.3, 0.4) is 0 Å². The Bertz CT molecular complexity index is 838. The first kappa shape index (κ1) is 20.2. The molecule has 0 radical (unpaired) electrons. The van der Waals surface area contributed by atoms with Crippen LogP contribution in [0.15, 0.2) is 46.9 Å². The van der Waals surface area contributed by atoms with Crippen molar-refractivity contribution in [3.8, 4) is 11.5 Å². The van der Waals surface area contributed by atoms with Crippen LogP contribution in [0.5, 0.6) is 11.5 Å². The summed E-state index contributed by atoms with van der Waals surface area (Å²) in [7, 11) is 3.03. The van der Waals surface area contributed by atoms with Gasteiger partial charge in [0.1, 0.15) is 11.5 Å². The minimum atomic E-state index is -0.762. The highest BCUT2D eigenvalue weighted by Gasteiger charge is 2.14. The van der Waals surface area contributed by atoms with Crippen molar-refractivity contribution in [1.29, 1.82) is 0 Å². The molecule has 0 aliphatic carbocycles. The fourth-order valence-corrected chi connectivity index (χ4v) is 2.55. The fourth-order valence-electron chi connectivity index (χ4n) is 2.01. The molecule has 0 saturated carbocycles. The molecule has 0 aliphatic heterocycles. The Morgan fingerprint density at radius 3 is 2.30 bits per heavy atom. The third-order valence-electron chi connectivity index (χ3n) is 3.32. The lowest BCUT2D eigenvalue weighted by Crippen LogP contribution is -2.37. The van der Waals surface area contributed by atoms with Crippen LogP contribution in [0, 0.1) is 0 Å². The second kappa shape index (κ2) is 9.58. The van der Waals surface area contributed by atoms with Crippen molar-refractivity contribution >= 4 is 39.5 Å². The molecule has 0 unspecified atom stereocenters. The van der Waals surface area contributed by atoms with Gasteiger partial charge in [0.25, 0.3) is 5.91 Å². The molecule has 27 heavy (non-hydrogen) atoms. The number of rotatable bonds is 6. The number of nitrogens with one attached hydrogen (secondary N) is 2. The number of anilines is 1. The summed E-state index contributed by atoms with van der Waals surface area (Å²) in [5, 5.41) is 4.54. The van der Waals surface area contributed by atoms with Crippen molar-refractivity contribution in [2.75, 3.05) is 26.1 Å². The summed E-state index contributed by atoms with van der Waals surface area (Å²) >= 11 is 3.26. The highest BCUT2D eigenvalue weighted by Crippen LogP contribution is 2.25. The van der Waals surface area contributed by atoms with E-state index in [1.165, 1.54) is 26.4 Å². The normalized spacial score (nSPS) is 9.89. The molecule has 2 rings (SSSR count). The molecule has 8 nitrogen and oxygen atoms in total. The molecule has 0 bridgehead atoms. The molecule has 0 spiro atoms. The number of carbonyl (C=O) groups excluding carboxylic acids is 3. The average molecular weight is 437 g/mol. The SMILES string of the molecule is COc1ccc(NC(=O)NC(=O)COC(=O)c2ccc(OC)c(Br)c2)cc1. The molecule has 9 heteroatoms. The van der Waals surface area contributed by atoms with Gasteiger partial charge in [0, 0.05) is 5.69 Å². The van der Waals surface area contributed by atoms with Crippen molar-refractivity contribution in [2.24, 2.45) is 0 Å². The molecule has 3 amide bonds. The van der Waals surface area contributed by atoms with Gasteiger partial charge in [-0.2, -0.15) is 0 Å². The Morgan fingerprint density at radius 2 is 1.70 bits per heavy atom. The Kier molecular flexibility index (Phi) is 7.18. The van der Waals surface area contributed by atoms with Gasteiger partial charge in [-0.3, -0.25) is 10.1 Å². The third-order valence-corrected chi connectivity index (χ3v) is 3.94. The average Bonchev–Trinajstić information content (AvgIpc) is 2.66. The van der Waals surface area contributed by atoms with Crippen LogP contribution < -0.4 is 20.1 Å². The Hall–Kier alpha value is -3.07. The standard InChI is InChI=1S/C18H17BrN2O6/c1-25-13-6-4-12(5-7-13)20-18(24)21-16(22)10-27-17(23)11-3-8-15(26-2)14(19)9-11/h3-9H,10H2,1-2H3,(H2,20,21,22,24). The van der Waals surface area contributed by atoms with Gasteiger partial charge in [0.2, 0.25) is 0 Å². The van der Waals surface area contributed by atoms with Gasteiger partial charge in [0.15, 0.2) is 6.61 Å². The van der Waals surface area contributed by atoms with Crippen LogP contribution in [0.25, 0.3) is 0 Å². The van der Waals surface area contributed by atoms with Crippen molar-refractivity contribution < 1.29 is 28.6 Å². The first-order chi connectivity index (χ1) is 12.9. The number of ether oxygens (including phenoxy) is 3. The van der Waals surface area contributed by atoms with E-state index in [1.807, 2.05) is 0 Å². The zero-order valence-electron chi connectivity index (χ0n) is 14.6. The number of hydrogen-bond donors (Lipinski definition) is 2. The summed E-state index contributed by atoms with van der Waals surface area (Å²) in [5.41, 5.74) is 0.708. The zero-order valence-corrected chi connectivity index (χ0v) is 16.2. The van der Waals surface area contributed by atoms with Crippen molar-refractivity contribution in [3.05, 3.63) is 52.5 Å². The molecule has 2 aromatic rings. The van der Waals surface area contributed by atoms with Crippen LogP contribution in [0.1, 0.15) is 10.4 Å². The Morgan fingerprint density at radius 1 is 1.00 bits per heavy atom. The maximum Gasteiger partial charge on any atom is 0.338 e. The number of methoxy groups -OCH3 is 2. The molecule has 0 atom stereocenters. The molecule has 2 aromatic carbocycles. The first-order valence-electron chi connectivity index (χ1n) is 7.68. The quantitative estimate of drug-likeness (QED) is 0.674. The van der Waals surface area contributed by atoms with E-state index in [0.29, 0.717) is 21.7 Å². The van der Waals surface area contributed by atoms with Gasteiger partial charge in [-0.25, -0.2) is 9.59 Å². The van der Waals surface area contributed by atoms with Gasteiger partial charge in [-0.15, -0.1) is 0 Å². The number of carbonyl (C=O) groups is 3. The number of amides is 3. The monoisotopic (exact) mass is 436 g/mol. The molecule has 0 heterocycles. The van der Waals surface area contributed by atoms with E-state index >= 15 is 0 Å². The lowest BCUT2D eigenvalue weighted by molar-refractivity contribution is -0.123. The Labute approximate surface area is 163 Å². The highest BCUT2D eigenvalue weighted by molar-refractivity contribution is 9.10.